The van der Waals surface area contributed by atoms with E-state index in [0.29, 0.717) is 27.7 Å². The quantitative estimate of drug-likeness (QED) is 0.354. The summed E-state index contributed by atoms with van der Waals surface area (Å²) in [5, 5.41) is 10.2. The predicted octanol–water partition coefficient (Wildman–Crippen LogP) is 5.89. The number of carboxylic acid groups (broad SMARTS) is 1. The van der Waals surface area contributed by atoms with E-state index in [1.807, 2.05) is 45.0 Å². The van der Waals surface area contributed by atoms with Crippen LogP contribution in [-0.2, 0) is 9.59 Å². The predicted molar refractivity (Wildman–Crippen MR) is 136 cm³/mol. The van der Waals surface area contributed by atoms with E-state index in [4.69, 9.17) is 28.6 Å². The maximum absolute atomic E-state index is 13.0. The zero-order valence-electron chi connectivity index (χ0n) is 18.7. The number of amides is 1. The first-order valence-electron chi connectivity index (χ1n) is 10.5. The topological polar surface area (TPSA) is 79.7 Å². The van der Waals surface area contributed by atoms with Crippen LogP contribution in [-0.4, -0.2) is 43.3 Å². The standard InChI is InChI=1S/C24H25ClN2O4S2/c1-5-14(4)21(23(29)30)27-22(28)20(33-24(27)32)10-15-6-8-18(26-12-15)16-7-9-19(17(25)11-16)31-13(2)3/h6-14,21H,5H2,1-4H3,(H,29,30)/b20-10-. The van der Waals surface area contributed by atoms with Gasteiger partial charge in [0.1, 0.15) is 16.1 Å². The van der Waals surface area contributed by atoms with E-state index >= 15 is 0 Å². The van der Waals surface area contributed by atoms with Gasteiger partial charge in [-0.2, -0.15) is 0 Å². The molecular weight excluding hydrogens is 480 g/mol. The molecule has 3 rings (SSSR count). The summed E-state index contributed by atoms with van der Waals surface area (Å²) in [6, 6.07) is 8.19. The number of carbonyl (C=O) groups excluding carboxylic acids is 1. The number of nitrogens with zero attached hydrogens (tertiary/aromatic N) is 2. The molecule has 1 aliphatic heterocycles. The highest BCUT2D eigenvalue weighted by Gasteiger charge is 2.42. The molecule has 33 heavy (non-hydrogen) atoms. The van der Waals surface area contributed by atoms with Crippen LogP contribution in [0.1, 0.15) is 39.7 Å². The van der Waals surface area contributed by atoms with Crippen molar-refractivity contribution in [3.63, 3.8) is 0 Å². The van der Waals surface area contributed by atoms with Gasteiger partial charge in [0.15, 0.2) is 0 Å². The van der Waals surface area contributed by atoms with Crippen molar-refractivity contribution < 1.29 is 19.4 Å². The number of benzene rings is 1. The molecule has 1 saturated heterocycles. The number of carboxylic acids is 1. The van der Waals surface area contributed by atoms with E-state index in [2.05, 4.69) is 4.98 Å². The Balaban J connectivity index is 1.81. The minimum absolute atomic E-state index is 0.0229. The van der Waals surface area contributed by atoms with Crippen molar-refractivity contribution in [3.05, 3.63) is 52.0 Å². The number of rotatable bonds is 8. The molecule has 1 amide bonds. The van der Waals surface area contributed by atoms with Crippen LogP contribution < -0.4 is 4.74 Å². The number of pyridine rings is 1. The minimum Gasteiger partial charge on any atom is -0.489 e. The second-order valence-corrected chi connectivity index (χ2v) is 10.1. The van der Waals surface area contributed by atoms with Gasteiger partial charge in [-0.15, -0.1) is 0 Å². The lowest BCUT2D eigenvalue weighted by atomic mass is 9.98. The maximum Gasteiger partial charge on any atom is 0.327 e. The van der Waals surface area contributed by atoms with Gasteiger partial charge < -0.3 is 9.84 Å². The Morgan fingerprint density at radius 3 is 2.58 bits per heavy atom. The second-order valence-electron chi connectivity index (χ2n) is 8.01. The van der Waals surface area contributed by atoms with Gasteiger partial charge in [-0.3, -0.25) is 14.7 Å². The third-order valence-corrected chi connectivity index (χ3v) is 6.84. The van der Waals surface area contributed by atoms with Gasteiger partial charge >= 0.3 is 5.97 Å². The lowest BCUT2D eigenvalue weighted by Gasteiger charge is -2.27. The molecule has 0 radical (unpaired) electrons. The zero-order valence-corrected chi connectivity index (χ0v) is 21.1. The third kappa shape index (κ3) is 5.75. The minimum atomic E-state index is -1.06. The van der Waals surface area contributed by atoms with Gasteiger partial charge in [0.05, 0.1) is 21.7 Å². The van der Waals surface area contributed by atoms with E-state index in [1.54, 1.807) is 25.3 Å². The van der Waals surface area contributed by atoms with Gasteiger partial charge in [-0.1, -0.05) is 61.9 Å². The summed E-state index contributed by atoms with van der Waals surface area (Å²) in [7, 11) is 0. The normalized spacial score (nSPS) is 17.0. The van der Waals surface area contributed by atoms with Crippen LogP contribution in [0.4, 0.5) is 0 Å². The fourth-order valence-corrected chi connectivity index (χ4v) is 4.93. The third-order valence-electron chi connectivity index (χ3n) is 5.21. The summed E-state index contributed by atoms with van der Waals surface area (Å²) in [5.41, 5.74) is 2.27. The van der Waals surface area contributed by atoms with Crippen LogP contribution in [0.15, 0.2) is 41.4 Å². The fourth-order valence-electron chi connectivity index (χ4n) is 3.37. The zero-order chi connectivity index (χ0) is 24.3. The number of thiocarbonyl (C=S) groups is 1. The van der Waals surface area contributed by atoms with Crippen LogP contribution in [0.3, 0.4) is 0 Å². The first-order valence-corrected chi connectivity index (χ1v) is 12.1. The average molecular weight is 505 g/mol. The molecule has 1 N–H and O–H groups in total. The molecule has 9 heteroatoms. The summed E-state index contributed by atoms with van der Waals surface area (Å²) >= 11 is 12.8. The molecule has 2 unspecified atom stereocenters. The Hall–Kier alpha value is -2.42. The summed E-state index contributed by atoms with van der Waals surface area (Å²) in [5.74, 6) is -1.06. The Morgan fingerprint density at radius 2 is 2.03 bits per heavy atom. The van der Waals surface area contributed by atoms with Gasteiger partial charge in [0, 0.05) is 11.8 Å². The largest absolute Gasteiger partial charge is 0.489 e. The summed E-state index contributed by atoms with van der Waals surface area (Å²) in [4.78, 5) is 30.8. The number of carbonyl (C=O) groups is 2. The van der Waals surface area contributed by atoms with E-state index in [0.717, 1.165) is 23.0 Å². The second kappa shape index (κ2) is 10.7. The number of thioether (sulfide) groups is 1. The number of aromatic nitrogens is 1. The number of hydrogen-bond acceptors (Lipinski definition) is 6. The molecule has 1 aromatic carbocycles. The number of aliphatic carboxylic acids is 1. The van der Waals surface area contributed by atoms with Crippen molar-refractivity contribution >= 4 is 57.9 Å². The van der Waals surface area contributed by atoms with Gasteiger partial charge in [0.25, 0.3) is 5.91 Å². The first kappa shape index (κ1) is 25.2. The molecule has 2 heterocycles. The highest BCUT2D eigenvalue weighted by molar-refractivity contribution is 8.26. The molecule has 1 fully saturated rings. The van der Waals surface area contributed by atoms with E-state index < -0.39 is 17.9 Å². The van der Waals surface area contributed by atoms with Crippen LogP contribution >= 0.6 is 35.6 Å². The van der Waals surface area contributed by atoms with E-state index in [1.165, 1.54) is 4.90 Å². The Bertz CT molecular complexity index is 1100. The summed E-state index contributed by atoms with van der Waals surface area (Å²) in [6.07, 6.45) is 3.97. The van der Waals surface area contributed by atoms with Gasteiger partial charge in [-0.25, -0.2) is 4.79 Å². The lowest BCUT2D eigenvalue weighted by Crippen LogP contribution is -2.47. The van der Waals surface area contributed by atoms with Crippen molar-refractivity contribution in [1.82, 2.24) is 9.88 Å². The van der Waals surface area contributed by atoms with Crippen molar-refractivity contribution in [2.45, 2.75) is 46.3 Å². The molecule has 0 spiro atoms. The average Bonchev–Trinajstić information content (AvgIpc) is 3.03. The molecule has 2 aromatic rings. The van der Waals surface area contributed by atoms with Crippen molar-refractivity contribution in [1.29, 1.82) is 0 Å². The lowest BCUT2D eigenvalue weighted by molar-refractivity contribution is -0.147. The molecule has 1 aliphatic rings. The number of halogens is 1. The molecule has 6 nitrogen and oxygen atoms in total. The van der Waals surface area contributed by atoms with E-state index in [-0.39, 0.29) is 16.3 Å². The van der Waals surface area contributed by atoms with Crippen molar-refractivity contribution in [2.75, 3.05) is 0 Å². The highest BCUT2D eigenvalue weighted by atomic mass is 35.5. The summed E-state index contributed by atoms with van der Waals surface area (Å²) in [6.45, 7) is 7.56. The molecule has 0 aliphatic carbocycles. The Morgan fingerprint density at radius 1 is 1.30 bits per heavy atom. The Labute approximate surface area is 208 Å². The molecule has 174 valence electrons. The van der Waals surface area contributed by atoms with Crippen LogP contribution in [0.25, 0.3) is 17.3 Å². The van der Waals surface area contributed by atoms with Gasteiger partial charge in [0.2, 0.25) is 0 Å². The fraction of sp³-hybridized carbons (Fsp3) is 0.333. The first-order chi connectivity index (χ1) is 15.6. The molecule has 2 atom stereocenters. The molecule has 0 bridgehead atoms. The number of ether oxygens (including phenoxy) is 1. The Kier molecular flexibility index (Phi) is 8.15. The highest BCUT2D eigenvalue weighted by Crippen LogP contribution is 2.36. The van der Waals surface area contributed by atoms with Crippen LogP contribution in [0, 0.1) is 5.92 Å². The molecular formula is C24H25ClN2O4S2. The maximum atomic E-state index is 13.0. The number of hydrogen-bond donors (Lipinski definition) is 1. The molecule has 0 saturated carbocycles. The molecule has 1 aromatic heterocycles. The van der Waals surface area contributed by atoms with Crippen LogP contribution in [0.5, 0.6) is 5.75 Å². The van der Waals surface area contributed by atoms with Crippen molar-refractivity contribution in [3.8, 4) is 17.0 Å². The SMILES string of the molecule is CCC(C)C(C(=O)O)N1C(=O)/C(=C/c2ccc(-c3ccc(OC(C)C)c(Cl)c3)nc2)SC1=S. The van der Waals surface area contributed by atoms with Crippen molar-refractivity contribution in [2.24, 2.45) is 5.92 Å². The monoisotopic (exact) mass is 504 g/mol. The van der Waals surface area contributed by atoms with E-state index in [9.17, 15) is 14.7 Å². The smallest absolute Gasteiger partial charge is 0.327 e. The summed E-state index contributed by atoms with van der Waals surface area (Å²) < 4.78 is 5.92. The van der Waals surface area contributed by atoms with Gasteiger partial charge in [-0.05, 0) is 55.7 Å². The van der Waals surface area contributed by atoms with Crippen LogP contribution in [0.2, 0.25) is 5.02 Å².